The van der Waals surface area contributed by atoms with Gasteiger partial charge in [-0.2, -0.15) is 5.10 Å². The van der Waals surface area contributed by atoms with Crippen molar-refractivity contribution in [2.75, 3.05) is 13.7 Å². The van der Waals surface area contributed by atoms with Crippen molar-refractivity contribution >= 4 is 35.3 Å². The van der Waals surface area contributed by atoms with Crippen molar-refractivity contribution in [3.63, 3.8) is 0 Å². The Bertz CT molecular complexity index is 1050. The van der Waals surface area contributed by atoms with Crippen LogP contribution in [-0.4, -0.2) is 42.1 Å². The molecule has 0 saturated carbocycles. The average molecular weight is 490 g/mol. The van der Waals surface area contributed by atoms with Crippen LogP contribution in [0.25, 0.3) is 11.3 Å². The quantitative estimate of drug-likeness (QED) is 0.185. The molecule has 7 nitrogen and oxygen atoms in total. The highest BCUT2D eigenvalue weighted by atomic mass is 35.5. The molecule has 0 aliphatic heterocycles. The number of allylic oxidation sites excluding steroid dienone is 1. The Morgan fingerprint density at radius 1 is 1.18 bits per heavy atom. The Kier molecular flexibility index (Phi) is 9.33. The summed E-state index contributed by atoms with van der Waals surface area (Å²) in [7, 11) is 3.46. The highest BCUT2D eigenvalue weighted by Gasteiger charge is 2.25. The van der Waals surface area contributed by atoms with Crippen molar-refractivity contribution in [2.24, 2.45) is 18.0 Å². The molecule has 186 valence electrons. The first-order valence-electron chi connectivity index (χ1n) is 11.3. The molecule has 0 spiro atoms. The first-order valence-corrected chi connectivity index (χ1v) is 11.7. The summed E-state index contributed by atoms with van der Waals surface area (Å²) in [4.78, 5) is 16.3. The van der Waals surface area contributed by atoms with E-state index < -0.39 is 12.4 Å². The zero-order chi connectivity index (χ0) is 25.6. The van der Waals surface area contributed by atoms with E-state index in [0.717, 1.165) is 5.56 Å². The fraction of sp³-hybridized carbons (Fsp3) is 0.500. The molecule has 2 rings (SSSR count). The maximum atomic E-state index is 12.1. The number of nitrogens with zero attached hydrogens (tertiary/aromatic N) is 3. The number of rotatable bonds is 8. The van der Waals surface area contributed by atoms with E-state index in [0.29, 0.717) is 27.7 Å². The highest BCUT2D eigenvalue weighted by Crippen LogP contribution is 2.34. The number of aliphatic imine (C=N–C) groups is 1. The van der Waals surface area contributed by atoms with Gasteiger partial charge in [-0.15, -0.1) is 0 Å². The maximum Gasteiger partial charge on any atom is 0.511 e. The van der Waals surface area contributed by atoms with Crippen LogP contribution >= 0.6 is 11.6 Å². The van der Waals surface area contributed by atoms with Crippen LogP contribution in [-0.2, 0) is 26.7 Å². The molecule has 1 aromatic heterocycles. The summed E-state index contributed by atoms with van der Waals surface area (Å²) in [6, 6.07) is 8.19. The van der Waals surface area contributed by atoms with Gasteiger partial charge in [0.05, 0.1) is 17.3 Å². The van der Waals surface area contributed by atoms with Crippen molar-refractivity contribution in [2.45, 2.75) is 60.2 Å². The van der Waals surface area contributed by atoms with Crippen molar-refractivity contribution < 1.29 is 19.0 Å². The molecular formula is C26H36ClN3O4. The van der Waals surface area contributed by atoms with Crippen LogP contribution < -0.4 is 0 Å². The zero-order valence-corrected chi connectivity index (χ0v) is 22.4. The predicted molar refractivity (Wildman–Crippen MR) is 137 cm³/mol. The smallest absolute Gasteiger partial charge is 0.452 e. The fourth-order valence-corrected chi connectivity index (χ4v) is 3.51. The lowest BCUT2D eigenvalue weighted by Crippen LogP contribution is -2.21. The molecule has 0 fully saturated rings. The SMILES string of the molecule is C/N=C\C(=C(\OC(C)OC(=O)OCC(C)C)c1c(Cl)c(C)nn1C)c1ccc(C(C)(C)C)cc1. The molecule has 34 heavy (non-hydrogen) atoms. The van der Waals surface area contributed by atoms with Gasteiger partial charge < -0.3 is 14.2 Å². The number of carbonyl (C=O) groups excluding carboxylic acids is 1. The number of benzene rings is 1. The van der Waals surface area contributed by atoms with Crippen molar-refractivity contribution in [3.05, 3.63) is 51.8 Å². The molecule has 2 aromatic rings. The molecule has 1 aromatic carbocycles. The van der Waals surface area contributed by atoms with Crippen LogP contribution in [0.4, 0.5) is 4.79 Å². The third kappa shape index (κ3) is 7.10. The molecule has 1 unspecified atom stereocenters. The van der Waals surface area contributed by atoms with Gasteiger partial charge in [0, 0.05) is 32.8 Å². The predicted octanol–water partition coefficient (Wildman–Crippen LogP) is 6.42. The molecular weight excluding hydrogens is 454 g/mol. The Labute approximate surface area is 207 Å². The first-order chi connectivity index (χ1) is 15.8. The van der Waals surface area contributed by atoms with Crippen LogP contribution in [0.15, 0.2) is 29.3 Å². The number of aromatic nitrogens is 2. The highest BCUT2D eigenvalue weighted by molar-refractivity contribution is 6.33. The molecule has 0 radical (unpaired) electrons. The van der Waals surface area contributed by atoms with E-state index >= 15 is 0 Å². The topological polar surface area (TPSA) is 74.9 Å². The molecule has 0 aliphatic carbocycles. The summed E-state index contributed by atoms with van der Waals surface area (Å²) >= 11 is 6.62. The lowest BCUT2D eigenvalue weighted by Gasteiger charge is -2.22. The largest absolute Gasteiger partial charge is 0.511 e. The summed E-state index contributed by atoms with van der Waals surface area (Å²) in [6.45, 7) is 14.1. The number of hydrogen-bond donors (Lipinski definition) is 0. The second kappa shape index (κ2) is 11.6. The molecule has 8 heteroatoms. The maximum absolute atomic E-state index is 12.1. The number of halogens is 1. The number of aryl methyl sites for hydroxylation is 2. The summed E-state index contributed by atoms with van der Waals surface area (Å²) in [5.74, 6) is 0.588. The van der Waals surface area contributed by atoms with E-state index in [1.807, 2.05) is 32.9 Å². The second-order valence-corrected chi connectivity index (χ2v) is 9.97. The number of ether oxygens (including phenoxy) is 3. The lowest BCUT2D eigenvalue weighted by atomic mass is 9.86. The van der Waals surface area contributed by atoms with Crippen LogP contribution in [0.1, 0.15) is 64.1 Å². The van der Waals surface area contributed by atoms with Gasteiger partial charge in [0.1, 0.15) is 5.69 Å². The molecule has 0 aliphatic rings. The van der Waals surface area contributed by atoms with Crippen molar-refractivity contribution in [1.82, 2.24) is 9.78 Å². The van der Waals surface area contributed by atoms with E-state index in [1.54, 1.807) is 31.9 Å². The minimum atomic E-state index is -0.949. The summed E-state index contributed by atoms with van der Waals surface area (Å²) in [5.41, 5.74) is 3.98. The van der Waals surface area contributed by atoms with Crippen LogP contribution in [0.5, 0.6) is 0 Å². The Morgan fingerprint density at radius 3 is 2.26 bits per heavy atom. The van der Waals surface area contributed by atoms with Crippen LogP contribution in [0.2, 0.25) is 5.02 Å². The Hall–Kier alpha value is -2.80. The van der Waals surface area contributed by atoms with Gasteiger partial charge in [0.15, 0.2) is 5.76 Å². The van der Waals surface area contributed by atoms with E-state index in [-0.39, 0.29) is 17.9 Å². The second-order valence-electron chi connectivity index (χ2n) is 9.59. The molecule has 0 saturated heterocycles. The van der Waals surface area contributed by atoms with Gasteiger partial charge in [-0.05, 0) is 29.4 Å². The van der Waals surface area contributed by atoms with Crippen LogP contribution in [0.3, 0.4) is 0 Å². The minimum absolute atomic E-state index is 0.0156. The van der Waals surface area contributed by atoms with Gasteiger partial charge in [-0.25, -0.2) is 4.79 Å². The van der Waals surface area contributed by atoms with Gasteiger partial charge in [-0.1, -0.05) is 70.5 Å². The third-order valence-electron chi connectivity index (χ3n) is 5.01. The van der Waals surface area contributed by atoms with Crippen molar-refractivity contribution in [1.29, 1.82) is 0 Å². The summed E-state index contributed by atoms with van der Waals surface area (Å²) in [6.07, 6.45) is -0.0488. The number of hydrogen-bond acceptors (Lipinski definition) is 6. The number of carbonyl (C=O) groups is 1. The van der Waals surface area contributed by atoms with Crippen molar-refractivity contribution in [3.8, 4) is 0 Å². The average Bonchev–Trinajstić information content (AvgIpc) is 3.00. The van der Waals surface area contributed by atoms with E-state index in [9.17, 15) is 4.79 Å². The molecule has 1 heterocycles. The lowest BCUT2D eigenvalue weighted by molar-refractivity contribution is -0.0690. The van der Waals surface area contributed by atoms with Gasteiger partial charge in [0.2, 0.25) is 6.29 Å². The van der Waals surface area contributed by atoms with Crippen LogP contribution in [0, 0.1) is 12.8 Å². The fourth-order valence-electron chi connectivity index (χ4n) is 3.26. The van der Waals surface area contributed by atoms with E-state index in [4.69, 9.17) is 25.8 Å². The Balaban J connectivity index is 2.56. The minimum Gasteiger partial charge on any atom is -0.452 e. The Morgan fingerprint density at radius 2 is 1.79 bits per heavy atom. The normalized spacial score (nSPS) is 13.7. The molecule has 0 bridgehead atoms. The first kappa shape index (κ1) is 27.4. The van der Waals surface area contributed by atoms with Gasteiger partial charge >= 0.3 is 6.16 Å². The summed E-state index contributed by atoms with van der Waals surface area (Å²) in [5, 5.41) is 4.87. The van der Waals surface area contributed by atoms with E-state index in [1.165, 1.54) is 5.56 Å². The van der Waals surface area contributed by atoms with Gasteiger partial charge in [0.25, 0.3) is 0 Å². The summed E-state index contributed by atoms with van der Waals surface area (Å²) < 4.78 is 18.3. The molecule has 0 N–H and O–H groups in total. The standard InChI is InChI=1S/C26H36ClN3O4/c1-16(2)15-32-25(31)34-18(4)33-24(23-22(27)17(3)29-30(23)9)21(14-28-8)19-10-12-20(13-11-19)26(5,6)7/h10-14,16,18H,15H2,1-9H3/b24-21-,28-14-. The monoisotopic (exact) mass is 489 g/mol. The van der Waals surface area contributed by atoms with E-state index in [2.05, 4.69) is 43.0 Å². The molecule has 1 atom stereocenters. The molecule has 0 amide bonds. The third-order valence-corrected chi connectivity index (χ3v) is 5.46. The zero-order valence-electron chi connectivity index (χ0n) is 21.6. The van der Waals surface area contributed by atoms with Gasteiger partial charge in [-0.3, -0.25) is 9.67 Å².